The van der Waals surface area contributed by atoms with Gasteiger partial charge in [-0.25, -0.2) is 0 Å². The first-order chi connectivity index (χ1) is 8.61. The van der Waals surface area contributed by atoms with E-state index in [-0.39, 0.29) is 0 Å². The number of nitrogens with zero attached hydrogens (tertiary/aromatic N) is 2. The Morgan fingerprint density at radius 1 is 1.39 bits per heavy atom. The van der Waals surface area contributed by atoms with Gasteiger partial charge in [0.05, 0.1) is 5.69 Å². The van der Waals surface area contributed by atoms with Crippen molar-refractivity contribution in [1.29, 1.82) is 0 Å². The summed E-state index contributed by atoms with van der Waals surface area (Å²) in [7, 11) is 1.95. The molecule has 0 bridgehead atoms. The maximum atomic E-state index is 6.10. The van der Waals surface area contributed by atoms with Crippen LogP contribution in [0.3, 0.4) is 0 Å². The van der Waals surface area contributed by atoms with Crippen LogP contribution in [0.5, 0.6) is 0 Å². The van der Waals surface area contributed by atoms with E-state index in [1.807, 2.05) is 36.9 Å². The van der Waals surface area contributed by atoms with Gasteiger partial charge in [0.15, 0.2) is 0 Å². The van der Waals surface area contributed by atoms with Crippen LogP contribution >= 0.6 is 11.6 Å². The highest BCUT2D eigenvalue weighted by atomic mass is 35.5. The molecule has 4 heteroatoms. The van der Waals surface area contributed by atoms with E-state index in [1.165, 1.54) is 5.56 Å². The molecule has 0 aliphatic rings. The first-order valence-electron chi connectivity index (χ1n) is 6.12. The van der Waals surface area contributed by atoms with Gasteiger partial charge in [0, 0.05) is 36.1 Å². The summed E-state index contributed by atoms with van der Waals surface area (Å²) in [6.07, 6.45) is 3.01. The fourth-order valence-electron chi connectivity index (χ4n) is 2.02. The molecular formula is C14H18ClN3. The first kappa shape index (κ1) is 13.0. The molecule has 2 aromatic rings. The summed E-state index contributed by atoms with van der Waals surface area (Å²) >= 11 is 6.10. The third-order valence-corrected chi connectivity index (χ3v) is 3.47. The van der Waals surface area contributed by atoms with E-state index in [4.69, 9.17) is 11.6 Å². The smallest absolute Gasteiger partial charge is 0.0671 e. The number of aromatic nitrogens is 2. The number of hydrogen-bond donors (Lipinski definition) is 1. The van der Waals surface area contributed by atoms with Crippen LogP contribution in [-0.4, -0.2) is 9.78 Å². The third kappa shape index (κ3) is 2.67. The van der Waals surface area contributed by atoms with Crippen LogP contribution in [0.4, 0.5) is 5.69 Å². The predicted octanol–water partition coefficient (Wildman–Crippen LogP) is 3.56. The first-order valence-corrected chi connectivity index (χ1v) is 6.50. The maximum Gasteiger partial charge on any atom is 0.0671 e. The Morgan fingerprint density at radius 2 is 2.17 bits per heavy atom. The molecule has 0 aliphatic heterocycles. The van der Waals surface area contributed by atoms with Gasteiger partial charge >= 0.3 is 0 Å². The molecule has 2 rings (SSSR count). The van der Waals surface area contributed by atoms with Crippen LogP contribution in [-0.2, 0) is 20.0 Å². The zero-order valence-corrected chi connectivity index (χ0v) is 11.8. The average molecular weight is 264 g/mol. The second-order valence-electron chi connectivity index (χ2n) is 4.39. The van der Waals surface area contributed by atoms with Crippen LogP contribution in [0.1, 0.15) is 23.7 Å². The molecule has 3 nitrogen and oxygen atoms in total. The van der Waals surface area contributed by atoms with E-state index in [2.05, 4.69) is 23.5 Å². The van der Waals surface area contributed by atoms with Crippen molar-refractivity contribution in [3.63, 3.8) is 0 Å². The van der Waals surface area contributed by atoms with Gasteiger partial charge in [0.1, 0.15) is 0 Å². The molecule has 0 saturated carbocycles. The molecule has 1 aromatic carbocycles. The van der Waals surface area contributed by atoms with Crippen molar-refractivity contribution in [3.05, 3.63) is 46.2 Å². The lowest BCUT2D eigenvalue weighted by molar-refractivity contribution is 0.746. The summed E-state index contributed by atoms with van der Waals surface area (Å²) in [6.45, 7) is 4.92. The zero-order valence-electron chi connectivity index (χ0n) is 11.0. The van der Waals surface area contributed by atoms with E-state index in [0.29, 0.717) is 0 Å². The molecule has 0 saturated heterocycles. The Labute approximate surface area is 113 Å². The molecule has 0 unspecified atom stereocenters. The van der Waals surface area contributed by atoms with Gasteiger partial charge in [0.25, 0.3) is 0 Å². The van der Waals surface area contributed by atoms with E-state index in [0.717, 1.165) is 34.9 Å². The van der Waals surface area contributed by atoms with Gasteiger partial charge in [-0.05, 0) is 31.0 Å². The summed E-state index contributed by atoms with van der Waals surface area (Å²) in [6, 6.07) is 5.91. The Bertz CT molecular complexity index is 546. The van der Waals surface area contributed by atoms with Crippen molar-refractivity contribution in [3.8, 4) is 0 Å². The van der Waals surface area contributed by atoms with E-state index < -0.39 is 0 Å². The molecule has 1 heterocycles. The molecule has 0 fully saturated rings. The normalized spacial score (nSPS) is 10.7. The number of hydrogen-bond acceptors (Lipinski definition) is 2. The molecule has 0 spiro atoms. The summed E-state index contributed by atoms with van der Waals surface area (Å²) < 4.78 is 1.86. The van der Waals surface area contributed by atoms with E-state index in [1.54, 1.807) is 0 Å². The molecule has 96 valence electrons. The van der Waals surface area contributed by atoms with Crippen molar-refractivity contribution in [2.75, 3.05) is 5.32 Å². The second kappa shape index (κ2) is 5.44. The Kier molecular flexibility index (Phi) is 3.92. The number of halogens is 1. The van der Waals surface area contributed by atoms with Crippen LogP contribution in [0.2, 0.25) is 5.02 Å². The molecule has 0 radical (unpaired) electrons. The minimum atomic E-state index is 0.776. The lowest BCUT2D eigenvalue weighted by Crippen LogP contribution is -2.02. The monoisotopic (exact) mass is 263 g/mol. The average Bonchev–Trinajstić information content (AvgIpc) is 2.71. The quantitative estimate of drug-likeness (QED) is 0.914. The predicted molar refractivity (Wildman–Crippen MR) is 76.1 cm³/mol. The SMILES string of the molecule is CCc1nn(C)cc1CNc1cccc(Cl)c1C. The van der Waals surface area contributed by atoms with Crippen LogP contribution in [0.25, 0.3) is 0 Å². The number of rotatable bonds is 4. The number of aryl methyl sites for hydroxylation is 2. The highest BCUT2D eigenvalue weighted by Gasteiger charge is 2.07. The number of anilines is 1. The highest BCUT2D eigenvalue weighted by molar-refractivity contribution is 6.31. The van der Waals surface area contributed by atoms with E-state index >= 15 is 0 Å². The van der Waals surface area contributed by atoms with Gasteiger partial charge in [-0.1, -0.05) is 24.6 Å². The van der Waals surface area contributed by atoms with Gasteiger partial charge in [-0.2, -0.15) is 5.10 Å². The summed E-state index contributed by atoms with van der Waals surface area (Å²) in [5.74, 6) is 0. The Balaban J connectivity index is 2.13. The lowest BCUT2D eigenvalue weighted by Gasteiger charge is -2.10. The van der Waals surface area contributed by atoms with Gasteiger partial charge in [0.2, 0.25) is 0 Å². The fourth-order valence-corrected chi connectivity index (χ4v) is 2.19. The standard InChI is InChI=1S/C14H18ClN3/c1-4-13-11(9-18(3)17-13)8-16-14-7-5-6-12(15)10(14)2/h5-7,9,16H,4,8H2,1-3H3. The minimum Gasteiger partial charge on any atom is -0.381 e. The van der Waals surface area contributed by atoms with Gasteiger partial charge < -0.3 is 5.32 Å². The van der Waals surface area contributed by atoms with Crippen molar-refractivity contribution < 1.29 is 0 Å². The van der Waals surface area contributed by atoms with Crippen LogP contribution < -0.4 is 5.32 Å². The van der Waals surface area contributed by atoms with Crippen LogP contribution in [0, 0.1) is 6.92 Å². The minimum absolute atomic E-state index is 0.776. The molecular weight excluding hydrogens is 246 g/mol. The van der Waals surface area contributed by atoms with Crippen molar-refractivity contribution in [1.82, 2.24) is 9.78 Å². The van der Waals surface area contributed by atoms with Gasteiger partial charge in [-0.15, -0.1) is 0 Å². The molecule has 18 heavy (non-hydrogen) atoms. The lowest BCUT2D eigenvalue weighted by atomic mass is 10.1. The topological polar surface area (TPSA) is 29.9 Å². The second-order valence-corrected chi connectivity index (χ2v) is 4.80. The molecule has 0 atom stereocenters. The number of nitrogens with one attached hydrogen (secondary N) is 1. The van der Waals surface area contributed by atoms with Crippen molar-refractivity contribution >= 4 is 17.3 Å². The Hall–Kier alpha value is -1.48. The number of benzene rings is 1. The summed E-state index contributed by atoms with van der Waals surface area (Å²) in [5.41, 5.74) is 4.54. The molecule has 1 aromatic heterocycles. The van der Waals surface area contributed by atoms with Gasteiger partial charge in [-0.3, -0.25) is 4.68 Å². The largest absolute Gasteiger partial charge is 0.381 e. The summed E-state index contributed by atoms with van der Waals surface area (Å²) in [5, 5.41) is 8.65. The third-order valence-electron chi connectivity index (χ3n) is 3.06. The summed E-state index contributed by atoms with van der Waals surface area (Å²) in [4.78, 5) is 0. The zero-order chi connectivity index (χ0) is 13.1. The molecule has 1 N–H and O–H groups in total. The van der Waals surface area contributed by atoms with E-state index in [9.17, 15) is 0 Å². The fraction of sp³-hybridized carbons (Fsp3) is 0.357. The highest BCUT2D eigenvalue weighted by Crippen LogP contribution is 2.23. The maximum absolute atomic E-state index is 6.10. The van der Waals surface area contributed by atoms with Crippen molar-refractivity contribution in [2.24, 2.45) is 7.05 Å². The molecule has 0 amide bonds. The molecule has 0 aliphatic carbocycles. The van der Waals surface area contributed by atoms with Crippen LogP contribution in [0.15, 0.2) is 24.4 Å². The van der Waals surface area contributed by atoms with Crippen molar-refractivity contribution in [2.45, 2.75) is 26.8 Å². The Morgan fingerprint density at radius 3 is 2.89 bits per heavy atom.